The highest BCUT2D eigenvalue weighted by Gasteiger charge is 2.20. The molecule has 1 amide bonds. The normalized spacial score (nSPS) is 14.4. The van der Waals surface area contributed by atoms with Gasteiger partial charge in [0.2, 0.25) is 5.91 Å². The van der Waals surface area contributed by atoms with Gasteiger partial charge in [-0.2, -0.15) is 0 Å². The molecule has 0 aliphatic rings. The molecule has 0 saturated carbocycles. The molecular formula is C14H22N2O. The highest BCUT2D eigenvalue weighted by Crippen LogP contribution is 2.16. The maximum Gasteiger partial charge on any atom is 0.237 e. The molecule has 3 N–H and O–H groups in total. The van der Waals surface area contributed by atoms with E-state index >= 15 is 0 Å². The van der Waals surface area contributed by atoms with Crippen LogP contribution in [0.4, 0.5) is 0 Å². The molecule has 17 heavy (non-hydrogen) atoms. The Hall–Kier alpha value is -1.35. The number of rotatable bonds is 5. The zero-order valence-electron chi connectivity index (χ0n) is 10.8. The molecule has 0 radical (unpaired) electrons. The van der Waals surface area contributed by atoms with Crippen molar-refractivity contribution < 1.29 is 4.79 Å². The summed E-state index contributed by atoms with van der Waals surface area (Å²) in [5.41, 5.74) is 6.95. The average molecular weight is 234 g/mol. The zero-order chi connectivity index (χ0) is 12.8. The van der Waals surface area contributed by atoms with E-state index in [1.54, 1.807) is 0 Å². The third kappa shape index (κ3) is 3.86. The van der Waals surface area contributed by atoms with Crippen molar-refractivity contribution in [3.8, 4) is 0 Å². The Morgan fingerprint density at radius 1 is 1.29 bits per heavy atom. The molecule has 0 heterocycles. The van der Waals surface area contributed by atoms with Gasteiger partial charge in [0.15, 0.2) is 0 Å². The molecular weight excluding hydrogens is 212 g/mol. The number of carbonyl (C=O) groups is 1. The topological polar surface area (TPSA) is 55.1 Å². The van der Waals surface area contributed by atoms with Crippen LogP contribution in [-0.2, 0) is 4.79 Å². The highest BCUT2D eigenvalue weighted by atomic mass is 16.2. The Kier molecular flexibility index (Phi) is 5.16. The molecule has 94 valence electrons. The Labute approximate surface area is 103 Å². The molecule has 0 aliphatic carbocycles. The third-order valence-corrected chi connectivity index (χ3v) is 2.95. The van der Waals surface area contributed by atoms with Gasteiger partial charge in [-0.15, -0.1) is 0 Å². The van der Waals surface area contributed by atoms with Crippen LogP contribution >= 0.6 is 0 Å². The monoisotopic (exact) mass is 234 g/mol. The van der Waals surface area contributed by atoms with Gasteiger partial charge < -0.3 is 11.1 Å². The minimum Gasteiger partial charge on any atom is -0.348 e. The van der Waals surface area contributed by atoms with Crippen molar-refractivity contribution in [2.24, 2.45) is 11.7 Å². The molecule has 0 spiro atoms. The maximum absolute atomic E-state index is 11.9. The van der Waals surface area contributed by atoms with E-state index in [1.807, 2.05) is 44.2 Å². The second-order valence-electron chi connectivity index (χ2n) is 4.65. The fourth-order valence-corrected chi connectivity index (χ4v) is 1.68. The Balaban J connectivity index is 2.68. The Bertz CT molecular complexity index is 348. The van der Waals surface area contributed by atoms with Crippen LogP contribution in [0.15, 0.2) is 30.3 Å². The van der Waals surface area contributed by atoms with Gasteiger partial charge in [0.05, 0.1) is 12.1 Å². The molecule has 0 bridgehead atoms. The predicted octanol–water partition coefficient (Wildman–Crippen LogP) is 2.24. The lowest BCUT2D eigenvalue weighted by Gasteiger charge is -2.21. The van der Waals surface area contributed by atoms with Crippen molar-refractivity contribution in [2.75, 3.05) is 0 Å². The molecule has 2 atom stereocenters. The number of amides is 1. The second-order valence-corrected chi connectivity index (χ2v) is 4.65. The minimum absolute atomic E-state index is 0.0495. The van der Waals surface area contributed by atoms with Crippen molar-refractivity contribution in [1.82, 2.24) is 5.32 Å². The molecule has 0 fully saturated rings. The first-order valence-corrected chi connectivity index (χ1v) is 6.17. The summed E-state index contributed by atoms with van der Waals surface area (Å²) in [4.78, 5) is 11.9. The summed E-state index contributed by atoms with van der Waals surface area (Å²) in [6.07, 6.45) is 0.862. The van der Waals surface area contributed by atoms with Gasteiger partial charge in [-0.05, 0) is 17.9 Å². The lowest BCUT2D eigenvalue weighted by molar-refractivity contribution is -0.124. The summed E-state index contributed by atoms with van der Waals surface area (Å²) < 4.78 is 0. The molecule has 0 saturated heterocycles. The molecule has 3 nitrogen and oxygen atoms in total. The summed E-state index contributed by atoms with van der Waals surface area (Å²) >= 11 is 0. The number of nitrogens with one attached hydrogen (secondary N) is 1. The standard InChI is InChI=1S/C14H22N2O/c1-4-12(11-8-6-5-7-9-11)16-14(17)13(15)10(2)3/h5-10,12-13H,4,15H2,1-3H3,(H,16,17)/t12-,13?/m1/s1. The fourth-order valence-electron chi connectivity index (χ4n) is 1.68. The molecule has 0 aliphatic heterocycles. The second kappa shape index (κ2) is 6.40. The van der Waals surface area contributed by atoms with Gasteiger partial charge in [0, 0.05) is 0 Å². The molecule has 0 aromatic heterocycles. The molecule has 1 unspecified atom stereocenters. The zero-order valence-corrected chi connectivity index (χ0v) is 10.8. The van der Waals surface area contributed by atoms with Crippen molar-refractivity contribution >= 4 is 5.91 Å². The highest BCUT2D eigenvalue weighted by molar-refractivity contribution is 5.82. The van der Waals surface area contributed by atoms with Crippen LogP contribution < -0.4 is 11.1 Å². The van der Waals surface area contributed by atoms with E-state index in [2.05, 4.69) is 12.2 Å². The quantitative estimate of drug-likeness (QED) is 0.821. The summed E-state index contributed by atoms with van der Waals surface area (Å²) in [5.74, 6) is 0.0824. The van der Waals surface area contributed by atoms with E-state index in [0.717, 1.165) is 12.0 Å². The lowest BCUT2D eigenvalue weighted by Crippen LogP contribution is -2.45. The van der Waals surface area contributed by atoms with Crippen molar-refractivity contribution in [3.05, 3.63) is 35.9 Å². The smallest absolute Gasteiger partial charge is 0.237 e. The van der Waals surface area contributed by atoms with E-state index in [9.17, 15) is 4.79 Å². The van der Waals surface area contributed by atoms with Crippen LogP contribution in [0.25, 0.3) is 0 Å². The van der Waals surface area contributed by atoms with Crippen LogP contribution in [0.5, 0.6) is 0 Å². The largest absolute Gasteiger partial charge is 0.348 e. The van der Waals surface area contributed by atoms with Crippen molar-refractivity contribution in [2.45, 2.75) is 39.3 Å². The minimum atomic E-state index is -0.437. The van der Waals surface area contributed by atoms with Crippen LogP contribution in [0, 0.1) is 5.92 Å². The van der Waals surface area contributed by atoms with Gasteiger partial charge in [-0.1, -0.05) is 51.1 Å². The number of carbonyl (C=O) groups excluding carboxylic acids is 1. The number of hydrogen-bond acceptors (Lipinski definition) is 2. The maximum atomic E-state index is 11.9. The molecule has 1 rings (SSSR count). The number of benzene rings is 1. The van der Waals surface area contributed by atoms with Crippen molar-refractivity contribution in [3.63, 3.8) is 0 Å². The number of nitrogens with two attached hydrogens (primary N) is 1. The average Bonchev–Trinajstić information content (AvgIpc) is 2.35. The van der Waals surface area contributed by atoms with Crippen LogP contribution in [0.2, 0.25) is 0 Å². The molecule has 1 aromatic carbocycles. The van der Waals surface area contributed by atoms with Gasteiger partial charge in [-0.3, -0.25) is 4.79 Å². The Morgan fingerprint density at radius 3 is 2.35 bits per heavy atom. The third-order valence-electron chi connectivity index (χ3n) is 2.95. The van der Waals surface area contributed by atoms with Gasteiger partial charge in [0.1, 0.15) is 0 Å². The fraction of sp³-hybridized carbons (Fsp3) is 0.500. The van der Waals surface area contributed by atoms with Gasteiger partial charge >= 0.3 is 0 Å². The van der Waals surface area contributed by atoms with Crippen LogP contribution in [0.3, 0.4) is 0 Å². The van der Waals surface area contributed by atoms with E-state index in [-0.39, 0.29) is 17.9 Å². The summed E-state index contributed by atoms with van der Waals surface area (Å²) in [6, 6.07) is 9.59. The summed E-state index contributed by atoms with van der Waals surface area (Å²) in [5, 5.41) is 3.00. The summed E-state index contributed by atoms with van der Waals surface area (Å²) in [6.45, 7) is 5.96. The van der Waals surface area contributed by atoms with Crippen LogP contribution in [0.1, 0.15) is 38.8 Å². The van der Waals surface area contributed by atoms with E-state index < -0.39 is 6.04 Å². The SMILES string of the molecule is CC[C@@H](NC(=O)C(N)C(C)C)c1ccccc1. The Morgan fingerprint density at radius 2 is 1.88 bits per heavy atom. The van der Waals surface area contributed by atoms with E-state index in [1.165, 1.54) is 0 Å². The first-order chi connectivity index (χ1) is 8.06. The van der Waals surface area contributed by atoms with Crippen molar-refractivity contribution in [1.29, 1.82) is 0 Å². The van der Waals surface area contributed by atoms with Crippen LogP contribution in [-0.4, -0.2) is 11.9 Å². The first kappa shape index (κ1) is 13.7. The molecule has 3 heteroatoms. The summed E-state index contributed by atoms with van der Waals surface area (Å²) in [7, 11) is 0. The lowest BCUT2D eigenvalue weighted by atomic mass is 10.0. The van der Waals surface area contributed by atoms with Gasteiger partial charge in [0.25, 0.3) is 0 Å². The van der Waals surface area contributed by atoms with Gasteiger partial charge in [-0.25, -0.2) is 0 Å². The molecule has 1 aromatic rings. The van der Waals surface area contributed by atoms with E-state index in [4.69, 9.17) is 5.73 Å². The number of hydrogen-bond donors (Lipinski definition) is 2. The van der Waals surface area contributed by atoms with E-state index in [0.29, 0.717) is 0 Å². The first-order valence-electron chi connectivity index (χ1n) is 6.17. The predicted molar refractivity (Wildman–Crippen MR) is 70.4 cm³/mol.